The Bertz CT molecular complexity index is 146. The summed E-state index contributed by atoms with van der Waals surface area (Å²) in [6.07, 6.45) is 1.03. The Morgan fingerprint density at radius 1 is 1.50 bits per heavy atom. The molecule has 1 aliphatic heterocycles. The lowest BCUT2D eigenvalue weighted by Gasteiger charge is -2.37. The summed E-state index contributed by atoms with van der Waals surface area (Å²) in [6, 6.07) is 0. The smallest absolute Gasteiger partial charge is 0.348 e. The molecule has 72 valence electrons. The molecule has 0 spiro atoms. The van der Waals surface area contributed by atoms with Gasteiger partial charge in [0.1, 0.15) is 0 Å². The van der Waals surface area contributed by atoms with E-state index in [1.54, 1.807) is 0 Å². The van der Waals surface area contributed by atoms with Gasteiger partial charge in [-0.2, -0.15) is 12.6 Å². The van der Waals surface area contributed by atoms with Crippen molar-refractivity contribution in [3.63, 3.8) is 0 Å². The molecular formula is C8H18O2SSi. The Morgan fingerprint density at radius 2 is 2.00 bits per heavy atom. The molecule has 1 aliphatic rings. The van der Waals surface area contributed by atoms with Crippen molar-refractivity contribution < 1.29 is 8.85 Å². The van der Waals surface area contributed by atoms with Crippen molar-refractivity contribution in [2.45, 2.75) is 31.7 Å². The van der Waals surface area contributed by atoms with Crippen LogP contribution < -0.4 is 0 Å². The third-order valence-corrected chi connectivity index (χ3v) is 7.17. The highest BCUT2D eigenvalue weighted by molar-refractivity contribution is 7.83. The Morgan fingerprint density at radius 3 is 2.42 bits per heavy atom. The minimum absolute atomic E-state index is 0.310. The van der Waals surface area contributed by atoms with Gasteiger partial charge >= 0.3 is 8.56 Å². The fourth-order valence-corrected chi connectivity index (χ4v) is 4.16. The standard InChI is InChI=1S/C8H18O2SSi/c1-4-8(11)12(3)9-5-7(2)6-10-12/h7-8,11H,4-6H2,1-3H3. The van der Waals surface area contributed by atoms with E-state index in [-0.39, 0.29) is 0 Å². The minimum atomic E-state index is -1.92. The summed E-state index contributed by atoms with van der Waals surface area (Å²) in [4.78, 5) is 0.310. The van der Waals surface area contributed by atoms with E-state index >= 15 is 0 Å². The van der Waals surface area contributed by atoms with Crippen molar-refractivity contribution in [2.24, 2.45) is 5.92 Å². The average Bonchev–Trinajstić information content (AvgIpc) is 2.09. The van der Waals surface area contributed by atoms with E-state index < -0.39 is 8.56 Å². The fourth-order valence-electron chi connectivity index (χ4n) is 1.27. The highest BCUT2D eigenvalue weighted by Crippen LogP contribution is 2.25. The van der Waals surface area contributed by atoms with Crippen LogP contribution in [0.4, 0.5) is 0 Å². The average molecular weight is 206 g/mol. The molecule has 1 rings (SSSR count). The van der Waals surface area contributed by atoms with Gasteiger partial charge in [0.05, 0.1) is 0 Å². The number of thiol groups is 1. The zero-order valence-corrected chi connectivity index (χ0v) is 9.93. The molecule has 2 nitrogen and oxygen atoms in total. The molecule has 1 fully saturated rings. The fraction of sp³-hybridized carbons (Fsp3) is 1.00. The SMILES string of the molecule is CCC(S)[Si]1(C)OCC(C)CO1. The lowest BCUT2D eigenvalue weighted by atomic mass is 10.2. The van der Waals surface area contributed by atoms with E-state index in [0.29, 0.717) is 10.8 Å². The monoisotopic (exact) mass is 206 g/mol. The van der Waals surface area contributed by atoms with E-state index in [4.69, 9.17) is 8.85 Å². The molecule has 0 bridgehead atoms. The third kappa shape index (κ3) is 2.25. The van der Waals surface area contributed by atoms with Gasteiger partial charge in [-0.1, -0.05) is 13.8 Å². The summed E-state index contributed by atoms with van der Waals surface area (Å²) in [5, 5.41) is 0. The first-order valence-corrected chi connectivity index (χ1v) is 7.45. The maximum absolute atomic E-state index is 5.77. The molecule has 12 heavy (non-hydrogen) atoms. The van der Waals surface area contributed by atoms with E-state index in [1.165, 1.54) is 0 Å². The van der Waals surface area contributed by atoms with Gasteiger partial charge in [0.2, 0.25) is 0 Å². The van der Waals surface area contributed by atoms with Crippen LogP contribution >= 0.6 is 12.6 Å². The Kier molecular flexibility index (Phi) is 3.64. The van der Waals surface area contributed by atoms with Gasteiger partial charge in [-0.3, -0.25) is 0 Å². The summed E-state index contributed by atoms with van der Waals surface area (Å²) in [5.41, 5.74) is 0. The van der Waals surface area contributed by atoms with Crippen LogP contribution in [0.15, 0.2) is 0 Å². The molecule has 0 N–H and O–H groups in total. The maximum Gasteiger partial charge on any atom is 0.348 e. The lowest BCUT2D eigenvalue weighted by Crippen LogP contribution is -2.53. The molecule has 0 aromatic carbocycles. The molecule has 0 saturated carbocycles. The highest BCUT2D eigenvalue weighted by Gasteiger charge is 2.41. The second-order valence-corrected chi connectivity index (χ2v) is 8.08. The quantitative estimate of drug-likeness (QED) is 0.550. The van der Waals surface area contributed by atoms with Crippen LogP contribution in [0.5, 0.6) is 0 Å². The molecule has 1 atom stereocenters. The van der Waals surface area contributed by atoms with Gasteiger partial charge in [-0.25, -0.2) is 0 Å². The second-order valence-electron chi connectivity index (χ2n) is 3.67. The van der Waals surface area contributed by atoms with Crippen LogP contribution in [0.25, 0.3) is 0 Å². The Balaban J connectivity index is 2.49. The molecule has 0 aliphatic carbocycles. The molecule has 0 radical (unpaired) electrons. The van der Waals surface area contributed by atoms with Gasteiger partial charge in [-0.05, 0) is 13.0 Å². The van der Waals surface area contributed by atoms with E-state index in [0.717, 1.165) is 19.6 Å². The van der Waals surface area contributed by atoms with Crippen molar-refractivity contribution in [2.75, 3.05) is 13.2 Å². The summed E-state index contributed by atoms with van der Waals surface area (Å²) in [7, 11) is -1.92. The van der Waals surface area contributed by atoms with Gasteiger partial charge in [0, 0.05) is 24.0 Å². The van der Waals surface area contributed by atoms with Crippen LogP contribution in [0.2, 0.25) is 6.55 Å². The molecule has 1 heterocycles. The summed E-state index contributed by atoms with van der Waals surface area (Å²) in [6.45, 7) is 8.08. The summed E-state index contributed by atoms with van der Waals surface area (Å²) >= 11 is 4.50. The topological polar surface area (TPSA) is 18.5 Å². The van der Waals surface area contributed by atoms with Crippen molar-refractivity contribution in [3.8, 4) is 0 Å². The van der Waals surface area contributed by atoms with Gasteiger partial charge in [0.25, 0.3) is 0 Å². The van der Waals surface area contributed by atoms with Crippen molar-refractivity contribution in [1.29, 1.82) is 0 Å². The largest absolute Gasteiger partial charge is 0.393 e. The van der Waals surface area contributed by atoms with Crippen molar-refractivity contribution in [3.05, 3.63) is 0 Å². The molecule has 0 aromatic heterocycles. The van der Waals surface area contributed by atoms with Crippen LogP contribution in [0.1, 0.15) is 20.3 Å². The van der Waals surface area contributed by atoms with Crippen LogP contribution in [-0.4, -0.2) is 26.6 Å². The molecule has 1 unspecified atom stereocenters. The number of hydrogen-bond donors (Lipinski definition) is 1. The van der Waals surface area contributed by atoms with Crippen molar-refractivity contribution >= 4 is 21.2 Å². The third-order valence-electron chi connectivity index (χ3n) is 2.30. The minimum Gasteiger partial charge on any atom is -0.393 e. The Hall–Kier alpha value is 0.487. The first-order valence-electron chi connectivity index (χ1n) is 4.54. The van der Waals surface area contributed by atoms with E-state index in [2.05, 4.69) is 33.0 Å². The van der Waals surface area contributed by atoms with Crippen LogP contribution in [-0.2, 0) is 8.85 Å². The second kappa shape index (κ2) is 4.13. The molecule has 1 saturated heterocycles. The van der Waals surface area contributed by atoms with Crippen LogP contribution in [0, 0.1) is 5.92 Å². The van der Waals surface area contributed by atoms with Gasteiger partial charge < -0.3 is 8.85 Å². The zero-order valence-electron chi connectivity index (χ0n) is 8.04. The highest BCUT2D eigenvalue weighted by atomic mass is 32.1. The van der Waals surface area contributed by atoms with Crippen LogP contribution in [0.3, 0.4) is 0 Å². The summed E-state index contributed by atoms with van der Waals surface area (Å²) < 4.78 is 11.5. The Labute approximate surface area is 81.3 Å². The number of hydrogen-bond acceptors (Lipinski definition) is 3. The van der Waals surface area contributed by atoms with Crippen molar-refractivity contribution in [1.82, 2.24) is 0 Å². The van der Waals surface area contributed by atoms with E-state index in [9.17, 15) is 0 Å². The van der Waals surface area contributed by atoms with Gasteiger partial charge in [0.15, 0.2) is 0 Å². The number of rotatable bonds is 2. The first-order chi connectivity index (χ1) is 5.58. The van der Waals surface area contributed by atoms with E-state index in [1.807, 2.05) is 0 Å². The maximum atomic E-state index is 5.77. The summed E-state index contributed by atoms with van der Waals surface area (Å²) in [5.74, 6) is 0.544. The first kappa shape index (κ1) is 10.6. The zero-order chi connectivity index (χ0) is 9.19. The predicted molar refractivity (Wildman–Crippen MR) is 55.8 cm³/mol. The normalized spacial score (nSPS) is 39.5. The molecule has 0 aromatic rings. The predicted octanol–water partition coefficient (Wildman–Crippen LogP) is 1.99. The van der Waals surface area contributed by atoms with Gasteiger partial charge in [-0.15, -0.1) is 0 Å². The molecular weight excluding hydrogens is 188 g/mol. The molecule has 0 amide bonds. The lowest BCUT2D eigenvalue weighted by molar-refractivity contribution is 0.0690. The molecule has 4 heteroatoms.